The third-order valence-corrected chi connectivity index (χ3v) is 4.99. The lowest BCUT2D eigenvalue weighted by atomic mass is 10.0. The van der Waals surface area contributed by atoms with E-state index in [1.165, 1.54) is 21.9 Å². The monoisotopic (exact) mass is 369 g/mol. The highest BCUT2D eigenvalue weighted by atomic mass is 16.5. The Hall–Kier alpha value is -3.24. The lowest BCUT2D eigenvalue weighted by Crippen LogP contribution is -2.18. The van der Waals surface area contributed by atoms with Gasteiger partial charge in [-0.1, -0.05) is 42.5 Å². The summed E-state index contributed by atoms with van der Waals surface area (Å²) >= 11 is 0. The van der Waals surface area contributed by atoms with Gasteiger partial charge in [0.1, 0.15) is 5.75 Å². The number of rotatable bonds is 6. The van der Waals surface area contributed by atoms with Gasteiger partial charge in [-0.3, -0.25) is 9.97 Å². The van der Waals surface area contributed by atoms with Crippen molar-refractivity contribution in [2.24, 2.45) is 0 Å². The Morgan fingerprint density at radius 1 is 0.964 bits per heavy atom. The van der Waals surface area contributed by atoms with E-state index in [-0.39, 0.29) is 6.04 Å². The predicted molar refractivity (Wildman–Crippen MR) is 113 cm³/mol. The molecule has 0 aliphatic rings. The highest BCUT2D eigenvalue weighted by Crippen LogP contribution is 2.29. The van der Waals surface area contributed by atoms with Crippen LogP contribution in [0.1, 0.15) is 24.1 Å². The molecule has 1 unspecified atom stereocenters. The number of hydrogen-bond acceptors (Lipinski definition) is 4. The Morgan fingerprint density at radius 2 is 1.82 bits per heavy atom. The van der Waals surface area contributed by atoms with Gasteiger partial charge in [0, 0.05) is 30.5 Å². The van der Waals surface area contributed by atoms with E-state index in [1.54, 1.807) is 25.7 Å². The molecule has 0 saturated carbocycles. The van der Waals surface area contributed by atoms with Crippen LogP contribution in [-0.4, -0.2) is 17.1 Å². The maximum Gasteiger partial charge on any atom is 0.128 e. The van der Waals surface area contributed by atoms with Crippen LogP contribution < -0.4 is 10.1 Å². The first kappa shape index (κ1) is 18.1. The second-order valence-corrected chi connectivity index (χ2v) is 6.83. The first-order valence-corrected chi connectivity index (χ1v) is 9.40. The van der Waals surface area contributed by atoms with Gasteiger partial charge in [-0.2, -0.15) is 0 Å². The Morgan fingerprint density at radius 3 is 2.61 bits per heavy atom. The fourth-order valence-electron chi connectivity index (χ4n) is 3.37. The molecule has 4 nitrogen and oxygen atoms in total. The SMILES string of the molecule is COc1ccc(CNC(C)c2ccc3ccccc3c2)cc1-c1cnccn1. The van der Waals surface area contributed by atoms with Crippen LogP contribution in [0.3, 0.4) is 0 Å². The fourth-order valence-corrected chi connectivity index (χ4v) is 3.37. The van der Waals surface area contributed by atoms with Gasteiger partial charge in [0.05, 0.1) is 19.0 Å². The molecule has 1 N–H and O–H groups in total. The summed E-state index contributed by atoms with van der Waals surface area (Å²) in [7, 11) is 1.68. The number of hydrogen-bond donors (Lipinski definition) is 1. The lowest BCUT2D eigenvalue weighted by molar-refractivity contribution is 0.416. The van der Waals surface area contributed by atoms with Gasteiger partial charge in [-0.15, -0.1) is 0 Å². The van der Waals surface area contributed by atoms with Crippen molar-refractivity contribution < 1.29 is 4.74 Å². The van der Waals surface area contributed by atoms with Crippen molar-refractivity contribution in [3.8, 4) is 17.0 Å². The van der Waals surface area contributed by atoms with E-state index in [0.29, 0.717) is 0 Å². The average Bonchev–Trinajstić information content (AvgIpc) is 2.77. The second kappa shape index (κ2) is 8.19. The molecule has 0 spiro atoms. The zero-order valence-corrected chi connectivity index (χ0v) is 16.1. The van der Waals surface area contributed by atoms with Crippen molar-refractivity contribution in [1.82, 2.24) is 15.3 Å². The first-order valence-electron chi connectivity index (χ1n) is 9.40. The van der Waals surface area contributed by atoms with Crippen LogP contribution in [0, 0.1) is 0 Å². The Balaban J connectivity index is 1.52. The van der Waals surface area contributed by atoms with Crippen molar-refractivity contribution in [1.29, 1.82) is 0 Å². The van der Waals surface area contributed by atoms with E-state index in [4.69, 9.17) is 4.74 Å². The molecule has 1 heterocycles. The van der Waals surface area contributed by atoms with Crippen LogP contribution in [0.5, 0.6) is 5.75 Å². The molecule has 4 rings (SSSR count). The van der Waals surface area contributed by atoms with Crippen LogP contribution in [0.2, 0.25) is 0 Å². The Labute approximate surface area is 165 Å². The third-order valence-electron chi connectivity index (χ3n) is 4.99. The summed E-state index contributed by atoms with van der Waals surface area (Å²) < 4.78 is 5.50. The summed E-state index contributed by atoms with van der Waals surface area (Å²) in [6.45, 7) is 2.95. The number of fused-ring (bicyclic) bond motifs is 1. The van der Waals surface area contributed by atoms with Crippen molar-refractivity contribution in [3.05, 3.63) is 90.4 Å². The minimum Gasteiger partial charge on any atom is -0.496 e. The first-order chi connectivity index (χ1) is 13.7. The van der Waals surface area contributed by atoms with E-state index < -0.39 is 0 Å². The van der Waals surface area contributed by atoms with Crippen molar-refractivity contribution in [3.63, 3.8) is 0 Å². The average molecular weight is 369 g/mol. The standard InChI is InChI=1S/C24H23N3O/c1-17(20-9-8-19-5-3-4-6-21(19)14-20)27-15-18-7-10-24(28-2)22(13-18)23-16-25-11-12-26-23/h3-14,16-17,27H,15H2,1-2H3. The highest BCUT2D eigenvalue weighted by molar-refractivity contribution is 5.83. The Bertz CT molecular complexity index is 1080. The number of methoxy groups -OCH3 is 1. The molecule has 140 valence electrons. The molecule has 1 atom stereocenters. The summed E-state index contributed by atoms with van der Waals surface area (Å²) in [5.74, 6) is 0.798. The minimum absolute atomic E-state index is 0.242. The summed E-state index contributed by atoms with van der Waals surface area (Å²) in [6, 6.07) is 21.5. The summed E-state index contributed by atoms with van der Waals surface area (Å²) in [6.07, 6.45) is 5.13. The zero-order chi connectivity index (χ0) is 19.3. The number of benzene rings is 3. The van der Waals surface area contributed by atoms with Gasteiger partial charge in [0.25, 0.3) is 0 Å². The number of ether oxygens (including phenoxy) is 1. The Kier molecular flexibility index (Phi) is 5.31. The lowest BCUT2D eigenvalue weighted by Gasteiger charge is -2.16. The van der Waals surface area contributed by atoms with E-state index in [1.807, 2.05) is 6.07 Å². The van der Waals surface area contributed by atoms with Gasteiger partial charge in [-0.05, 0) is 47.0 Å². The highest BCUT2D eigenvalue weighted by Gasteiger charge is 2.10. The van der Waals surface area contributed by atoms with Crippen molar-refractivity contribution >= 4 is 10.8 Å². The predicted octanol–water partition coefficient (Wildman–Crippen LogP) is 5.16. The number of nitrogens with one attached hydrogen (secondary N) is 1. The fraction of sp³-hybridized carbons (Fsp3) is 0.167. The maximum absolute atomic E-state index is 5.50. The molecule has 0 radical (unpaired) electrons. The molecule has 4 aromatic rings. The summed E-state index contributed by atoms with van der Waals surface area (Å²) in [5.41, 5.74) is 4.22. The molecular weight excluding hydrogens is 346 g/mol. The molecule has 0 aliphatic carbocycles. The summed E-state index contributed by atoms with van der Waals surface area (Å²) in [5, 5.41) is 6.15. The molecule has 0 bridgehead atoms. The minimum atomic E-state index is 0.242. The molecule has 0 saturated heterocycles. The third kappa shape index (κ3) is 3.87. The molecule has 0 aliphatic heterocycles. The van der Waals surface area contributed by atoms with Crippen molar-refractivity contribution in [2.45, 2.75) is 19.5 Å². The topological polar surface area (TPSA) is 47.0 Å². The van der Waals surface area contributed by atoms with Gasteiger partial charge in [0.2, 0.25) is 0 Å². The van der Waals surface area contributed by atoms with Crippen molar-refractivity contribution in [2.75, 3.05) is 7.11 Å². The number of aromatic nitrogens is 2. The normalized spacial score (nSPS) is 12.1. The van der Waals surface area contributed by atoms with E-state index in [9.17, 15) is 0 Å². The van der Waals surface area contributed by atoms with Gasteiger partial charge >= 0.3 is 0 Å². The largest absolute Gasteiger partial charge is 0.496 e. The van der Waals surface area contributed by atoms with E-state index >= 15 is 0 Å². The van der Waals surface area contributed by atoms with Crippen LogP contribution in [0.4, 0.5) is 0 Å². The molecule has 4 heteroatoms. The molecule has 28 heavy (non-hydrogen) atoms. The maximum atomic E-state index is 5.50. The van der Waals surface area contributed by atoms with Crippen LogP contribution in [-0.2, 0) is 6.54 Å². The molecule has 3 aromatic carbocycles. The quantitative estimate of drug-likeness (QED) is 0.510. The molecule has 0 fully saturated rings. The van der Waals surface area contributed by atoms with Crippen LogP contribution >= 0.6 is 0 Å². The van der Waals surface area contributed by atoms with Crippen LogP contribution in [0.15, 0.2) is 79.3 Å². The molecule has 1 aromatic heterocycles. The zero-order valence-electron chi connectivity index (χ0n) is 16.1. The molecular formula is C24H23N3O. The van der Waals surface area contributed by atoms with Crippen LogP contribution in [0.25, 0.3) is 22.0 Å². The van der Waals surface area contributed by atoms with Gasteiger partial charge in [0.15, 0.2) is 0 Å². The summed E-state index contributed by atoms with van der Waals surface area (Å²) in [4.78, 5) is 8.58. The van der Waals surface area contributed by atoms with E-state index in [0.717, 1.165) is 23.6 Å². The molecule has 0 amide bonds. The van der Waals surface area contributed by atoms with Gasteiger partial charge < -0.3 is 10.1 Å². The van der Waals surface area contributed by atoms with E-state index in [2.05, 4.69) is 76.8 Å². The number of nitrogens with zero attached hydrogens (tertiary/aromatic N) is 2. The second-order valence-electron chi connectivity index (χ2n) is 6.83. The van der Waals surface area contributed by atoms with Gasteiger partial charge in [-0.25, -0.2) is 0 Å². The smallest absolute Gasteiger partial charge is 0.128 e.